The van der Waals surface area contributed by atoms with E-state index in [0.29, 0.717) is 0 Å². The molecule has 7 rings (SSSR count). The average Bonchev–Trinajstić information content (AvgIpc) is 3.37. The first-order valence-electron chi connectivity index (χ1n) is 10.6. The molecule has 0 heterocycles. The van der Waals surface area contributed by atoms with E-state index in [4.69, 9.17) is 0 Å². The van der Waals surface area contributed by atoms with Gasteiger partial charge in [-0.2, -0.15) is 0 Å². The van der Waals surface area contributed by atoms with E-state index in [2.05, 4.69) is 86.6 Å². The average molecular weight is 370 g/mol. The first-order chi connectivity index (χ1) is 14.1. The molecular formula is C29H22. The van der Waals surface area contributed by atoms with Crippen molar-refractivity contribution in [3.63, 3.8) is 0 Å². The molecule has 4 aromatic carbocycles. The van der Waals surface area contributed by atoms with Gasteiger partial charge >= 0.3 is 0 Å². The van der Waals surface area contributed by atoms with Gasteiger partial charge in [-0.3, -0.25) is 0 Å². The summed E-state index contributed by atoms with van der Waals surface area (Å²) in [5, 5.41) is 0. The van der Waals surface area contributed by atoms with Crippen LogP contribution in [-0.4, -0.2) is 0 Å². The van der Waals surface area contributed by atoms with E-state index in [1.165, 1.54) is 66.8 Å². The van der Waals surface area contributed by atoms with Crippen molar-refractivity contribution in [1.29, 1.82) is 0 Å². The van der Waals surface area contributed by atoms with Crippen LogP contribution in [0.3, 0.4) is 0 Å². The highest BCUT2D eigenvalue weighted by Crippen LogP contribution is 2.51. The Morgan fingerprint density at radius 2 is 1.21 bits per heavy atom. The summed E-state index contributed by atoms with van der Waals surface area (Å²) in [6.45, 7) is 4.73. The Hall–Kier alpha value is -3.12. The predicted octanol–water partition coefficient (Wildman–Crippen LogP) is 7.14. The van der Waals surface area contributed by atoms with Crippen LogP contribution in [0, 0.1) is 0 Å². The van der Waals surface area contributed by atoms with Crippen LogP contribution in [0.5, 0.6) is 0 Å². The Bertz CT molecular complexity index is 1320. The molecule has 29 heavy (non-hydrogen) atoms. The molecule has 0 aromatic heterocycles. The van der Waals surface area contributed by atoms with Gasteiger partial charge in [0.15, 0.2) is 0 Å². The van der Waals surface area contributed by atoms with Gasteiger partial charge in [0, 0.05) is 5.41 Å². The summed E-state index contributed by atoms with van der Waals surface area (Å²) in [4.78, 5) is 0. The van der Waals surface area contributed by atoms with Crippen molar-refractivity contribution in [3.05, 3.63) is 106 Å². The van der Waals surface area contributed by atoms with Gasteiger partial charge in [-0.15, -0.1) is 0 Å². The Morgan fingerprint density at radius 3 is 1.97 bits per heavy atom. The topological polar surface area (TPSA) is 0 Å². The van der Waals surface area contributed by atoms with Crippen LogP contribution >= 0.6 is 0 Å². The number of hydrogen-bond donors (Lipinski definition) is 0. The molecule has 0 bridgehead atoms. The second-order valence-corrected chi connectivity index (χ2v) is 9.41. The molecule has 0 fully saturated rings. The zero-order valence-electron chi connectivity index (χ0n) is 16.8. The van der Waals surface area contributed by atoms with Crippen LogP contribution in [0.25, 0.3) is 33.4 Å². The summed E-state index contributed by atoms with van der Waals surface area (Å²) in [7, 11) is 0. The van der Waals surface area contributed by atoms with E-state index in [1.54, 1.807) is 0 Å². The highest BCUT2D eigenvalue weighted by molar-refractivity contribution is 5.90. The van der Waals surface area contributed by atoms with Gasteiger partial charge in [0.2, 0.25) is 0 Å². The number of rotatable bonds is 1. The van der Waals surface area contributed by atoms with Crippen LogP contribution in [0.1, 0.15) is 47.2 Å². The second-order valence-electron chi connectivity index (χ2n) is 9.41. The van der Waals surface area contributed by atoms with Gasteiger partial charge in [-0.05, 0) is 85.7 Å². The fourth-order valence-corrected chi connectivity index (χ4v) is 6.10. The second kappa shape index (κ2) is 5.07. The van der Waals surface area contributed by atoms with Crippen LogP contribution in [0.15, 0.2) is 72.8 Å². The molecule has 0 saturated carbocycles. The van der Waals surface area contributed by atoms with Gasteiger partial charge in [-0.25, -0.2) is 0 Å². The van der Waals surface area contributed by atoms with Crippen molar-refractivity contribution in [2.24, 2.45) is 0 Å². The minimum absolute atomic E-state index is 0.0544. The molecule has 0 heteroatoms. The molecule has 0 amide bonds. The van der Waals surface area contributed by atoms with E-state index in [1.807, 2.05) is 0 Å². The maximum Gasteiger partial charge on any atom is 0.0159 e. The van der Waals surface area contributed by atoms with E-state index in [9.17, 15) is 0 Å². The summed E-state index contributed by atoms with van der Waals surface area (Å²) in [6.07, 6.45) is 2.17. The van der Waals surface area contributed by atoms with Crippen LogP contribution in [0.2, 0.25) is 0 Å². The third-order valence-electron chi connectivity index (χ3n) is 7.47. The standard InChI is InChI=1S/C29H22/c1-29(2)25-9-4-3-8-23(25)24-11-10-17(16-26(24)29)20-14-21-12-18-6-5-7-19-13-22(15-20)28(21)27(18)19/h3-11,14-16H,12-13H2,1-2H3. The first kappa shape index (κ1) is 15.8. The third kappa shape index (κ3) is 1.90. The quantitative estimate of drug-likeness (QED) is 0.289. The largest absolute Gasteiger partial charge is 0.0619 e. The fourth-order valence-electron chi connectivity index (χ4n) is 6.10. The summed E-state index contributed by atoms with van der Waals surface area (Å²) in [6, 6.07) is 27.8. The molecule has 0 spiro atoms. The molecule has 4 aromatic rings. The van der Waals surface area contributed by atoms with E-state index >= 15 is 0 Å². The van der Waals surface area contributed by atoms with Gasteiger partial charge < -0.3 is 0 Å². The van der Waals surface area contributed by atoms with Crippen LogP contribution < -0.4 is 0 Å². The molecule has 3 aliphatic rings. The Labute approximate surface area is 171 Å². The zero-order valence-corrected chi connectivity index (χ0v) is 16.8. The number of fused-ring (bicyclic) bond motifs is 3. The fraction of sp³-hybridized carbons (Fsp3) is 0.172. The molecule has 0 saturated heterocycles. The van der Waals surface area contributed by atoms with Crippen LogP contribution in [0.4, 0.5) is 0 Å². The summed E-state index contributed by atoms with van der Waals surface area (Å²) in [5.74, 6) is 0. The predicted molar refractivity (Wildman–Crippen MR) is 120 cm³/mol. The lowest BCUT2D eigenvalue weighted by molar-refractivity contribution is 0.660. The minimum Gasteiger partial charge on any atom is -0.0619 e. The maximum absolute atomic E-state index is 2.45. The molecule has 0 aliphatic heterocycles. The lowest BCUT2D eigenvalue weighted by atomic mass is 9.81. The normalized spacial score (nSPS) is 15.9. The smallest absolute Gasteiger partial charge is 0.0159 e. The molecule has 0 unspecified atom stereocenters. The zero-order chi connectivity index (χ0) is 19.3. The van der Waals surface area contributed by atoms with E-state index in [-0.39, 0.29) is 5.41 Å². The van der Waals surface area contributed by atoms with E-state index in [0.717, 1.165) is 12.8 Å². The maximum atomic E-state index is 2.45. The van der Waals surface area contributed by atoms with Gasteiger partial charge in [0.1, 0.15) is 0 Å². The van der Waals surface area contributed by atoms with Gasteiger partial charge in [-0.1, -0.05) is 80.6 Å². The summed E-state index contributed by atoms with van der Waals surface area (Å²) in [5.41, 5.74) is 17.6. The summed E-state index contributed by atoms with van der Waals surface area (Å²) < 4.78 is 0. The van der Waals surface area contributed by atoms with Crippen molar-refractivity contribution in [3.8, 4) is 33.4 Å². The van der Waals surface area contributed by atoms with Crippen molar-refractivity contribution in [2.45, 2.75) is 32.1 Å². The monoisotopic (exact) mass is 370 g/mol. The van der Waals surface area contributed by atoms with Crippen molar-refractivity contribution >= 4 is 0 Å². The Morgan fingerprint density at radius 1 is 0.552 bits per heavy atom. The molecule has 0 N–H and O–H groups in total. The lowest BCUT2D eigenvalue weighted by Crippen LogP contribution is -2.14. The molecule has 0 radical (unpaired) electrons. The molecule has 3 aliphatic carbocycles. The summed E-state index contributed by atoms with van der Waals surface area (Å²) >= 11 is 0. The van der Waals surface area contributed by atoms with Gasteiger partial charge in [0.05, 0.1) is 0 Å². The highest BCUT2D eigenvalue weighted by Gasteiger charge is 2.35. The minimum atomic E-state index is 0.0544. The SMILES string of the molecule is CC1(C)c2ccccc2-c2ccc(-c3cc4c5c(c3)Cc3cccc(c3-5)C4)cc21. The molecule has 0 nitrogen and oxygen atoms in total. The highest BCUT2D eigenvalue weighted by atomic mass is 14.4. The van der Waals surface area contributed by atoms with Crippen molar-refractivity contribution < 1.29 is 0 Å². The molecule has 138 valence electrons. The van der Waals surface area contributed by atoms with Crippen molar-refractivity contribution in [1.82, 2.24) is 0 Å². The van der Waals surface area contributed by atoms with Crippen LogP contribution in [-0.2, 0) is 18.3 Å². The van der Waals surface area contributed by atoms with E-state index < -0.39 is 0 Å². The van der Waals surface area contributed by atoms with Gasteiger partial charge in [0.25, 0.3) is 0 Å². The lowest BCUT2D eigenvalue weighted by Gasteiger charge is -2.22. The Kier molecular flexibility index (Phi) is 2.76. The first-order valence-corrected chi connectivity index (χ1v) is 10.6. The Balaban J connectivity index is 1.40. The number of benzene rings is 4. The number of hydrogen-bond acceptors (Lipinski definition) is 0. The molecule has 0 atom stereocenters. The third-order valence-corrected chi connectivity index (χ3v) is 7.47. The molecular weight excluding hydrogens is 348 g/mol. The van der Waals surface area contributed by atoms with Crippen molar-refractivity contribution in [2.75, 3.05) is 0 Å².